The molecule has 1 aliphatic heterocycles. The molecule has 16 heavy (non-hydrogen) atoms. The molecule has 7 heteroatoms. The average Bonchev–Trinajstić information content (AvgIpc) is 2.56. The number of hydrogen-bond donors (Lipinski definition) is 4. The van der Waals surface area contributed by atoms with Crippen LogP contribution in [0.15, 0.2) is 42.4 Å². The van der Waals surface area contributed by atoms with Crippen LogP contribution in [0.25, 0.3) is 0 Å². The number of rotatable bonds is 3. The highest BCUT2D eigenvalue weighted by atomic mass is 16.8. The Morgan fingerprint density at radius 1 is 1.06 bits per heavy atom. The molecule has 0 amide bonds. The first kappa shape index (κ1) is 10.7. The summed E-state index contributed by atoms with van der Waals surface area (Å²) in [5.74, 6) is 0.161. The second kappa shape index (κ2) is 4.37. The number of hydrazine groups is 2. The van der Waals surface area contributed by atoms with Crippen molar-refractivity contribution in [3.63, 3.8) is 0 Å². The van der Waals surface area contributed by atoms with Gasteiger partial charge in [0.15, 0.2) is 5.82 Å². The van der Waals surface area contributed by atoms with Gasteiger partial charge in [0.25, 0.3) is 0 Å². The van der Waals surface area contributed by atoms with E-state index in [1.54, 1.807) is 0 Å². The zero-order chi connectivity index (χ0) is 11.5. The standard InChI is InChI=1S/C9H12N4O3/c14-11-7-9(12(15)13(11)16)10-6-8-4-2-1-3-5-8/h1-5,7,10,14-16H,6H2. The van der Waals surface area contributed by atoms with E-state index in [2.05, 4.69) is 5.32 Å². The van der Waals surface area contributed by atoms with Crippen molar-refractivity contribution in [1.29, 1.82) is 0 Å². The molecule has 1 aromatic rings. The zero-order valence-electron chi connectivity index (χ0n) is 8.35. The maximum atomic E-state index is 9.28. The number of hydroxylamine groups is 2. The summed E-state index contributed by atoms with van der Waals surface area (Å²) in [5.41, 5.74) is 1.01. The third-order valence-electron chi connectivity index (χ3n) is 2.12. The van der Waals surface area contributed by atoms with Crippen LogP contribution in [0.2, 0.25) is 0 Å². The van der Waals surface area contributed by atoms with Crippen molar-refractivity contribution in [3.05, 3.63) is 47.9 Å². The predicted octanol–water partition coefficient (Wildman–Crippen LogP) is 0.492. The van der Waals surface area contributed by atoms with E-state index in [-0.39, 0.29) is 11.1 Å². The van der Waals surface area contributed by atoms with Crippen LogP contribution in [-0.2, 0) is 6.54 Å². The zero-order valence-corrected chi connectivity index (χ0v) is 8.35. The molecule has 86 valence electrons. The van der Waals surface area contributed by atoms with E-state index >= 15 is 0 Å². The normalized spacial score (nSPS) is 16.6. The molecule has 0 aliphatic carbocycles. The SMILES string of the molecule is ON1C=C(NCc2ccccc2)N(O)N1O. The van der Waals surface area contributed by atoms with Crippen LogP contribution in [0.4, 0.5) is 0 Å². The number of benzene rings is 1. The Labute approximate surface area is 91.8 Å². The largest absolute Gasteiger partial charge is 0.363 e. The summed E-state index contributed by atoms with van der Waals surface area (Å²) in [6, 6.07) is 9.53. The monoisotopic (exact) mass is 224 g/mol. The first-order valence-corrected chi connectivity index (χ1v) is 4.64. The van der Waals surface area contributed by atoms with Gasteiger partial charge in [0, 0.05) is 11.8 Å². The van der Waals surface area contributed by atoms with Gasteiger partial charge in [-0.15, -0.1) is 10.3 Å². The van der Waals surface area contributed by atoms with Gasteiger partial charge >= 0.3 is 0 Å². The lowest BCUT2D eigenvalue weighted by Gasteiger charge is -2.21. The summed E-state index contributed by atoms with van der Waals surface area (Å²) in [6.07, 6.45) is 1.13. The van der Waals surface area contributed by atoms with Crippen LogP contribution >= 0.6 is 0 Å². The van der Waals surface area contributed by atoms with Crippen LogP contribution in [0.3, 0.4) is 0 Å². The van der Waals surface area contributed by atoms with Gasteiger partial charge in [0.2, 0.25) is 0 Å². The summed E-state index contributed by atoms with van der Waals surface area (Å²) in [5, 5.41) is 31.0. The Balaban J connectivity index is 1.94. The average molecular weight is 224 g/mol. The lowest BCUT2D eigenvalue weighted by Crippen LogP contribution is -2.41. The van der Waals surface area contributed by atoms with Gasteiger partial charge in [-0.2, -0.15) is 0 Å². The van der Waals surface area contributed by atoms with Crippen molar-refractivity contribution < 1.29 is 15.6 Å². The van der Waals surface area contributed by atoms with Gasteiger partial charge in [-0.25, -0.2) is 0 Å². The van der Waals surface area contributed by atoms with Gasteiger partial charge in [0.1, 0.15) is 0 Å². The molecule has 4 N–H and O–H groups in total. The van der Waals surface area contributed by atoms with E-state index in [1.165, 1.54) is 0 Å². The van der Waals surface area contributed by atoms with E-state index in [9.17, 15) is 5.21 Å². The molecule has 0 saturated carbocycles. The molecule has 1 heterocycles. The minimum Gasteiger partial charge on any atom is -0.363 e. The second-order valence-electron chi connectivity index (χ2n) is 3.23. The van der Waals surface area contributed by atoms with Crippen LogP contribution in [-0.4, -0.2) is 31.2 Å². The van der Waals surface area contributed by atoms with Crippen molar-refractivity contribution in [2.45, 2.75) is 6.54 Å². The third-order valence-corrected chi connectivity index (χ3v) is 2.12. The molecular formula is C9H12N4O3. The molecule has 1 aliphatic rings. The molecule has 0 fully saturated rings. The van der Waals surface area contributed by atoms with E-state index in [1.807, 2.05) is 30.3 Å². The Hall–Kier alpha value is -1.80. The van der Waals surface area contributed by atoms with E-state index < -0.39 is 0 Å². The maximum absolute atomic E-state index is 9.28. The van der Waals surface area contributed by atoms with E-state index in [4.69, 9.17) is 10.4 Å². The summed E-state index contributed by atoms with van der Waals surface area (Å²) in [7, 11) is 0. The van der Waals surface area contributed by atoms with E-state index in [0.29, 0.717) is 16.9 Å². The van der Waals surface area contributed by atoms with Gasteiger partial charge in [0.05, 0.1) is 6.20 Å². The van der Waals surface area contributed by atoms with Crippen LogP contribution in [0.5, 0.6) is 0 Å². The molecule has 1 aromatic carbocycles. The number of nitrogens with one attached hydrogen (secondary N) is 1. The Morgan fingerprint density at radius 2 is 1.75 bits per heavy atom. The van der Waals surface area contributed by atoms with Crippen molar-refractivity contribution >= 4 is 0 Å². The number of hydrogen-bond acceptors (Lipinski definition) is 7. The minimum absolute atomic E-state index is 0.146. The van der Waals surface area contributed by atoms with E-state index in [0.717, 1.165) is 11.8 Å². The fourth-order valence-electron chi connectivity index (χ4n) is 1.30. The smallest absolute Gasteiger partial charge is 0.170 e. The fourth-order valence-corrected chi connectivity index (χ4v) is 1.30. The molecular weight excluding hydrogens is 212 g/mol. The molecule has 0 spiro atoms. The topological polar surface area (TPSA) is 82.4 Å². The highest BCUT2D eigenvalue weighted by molar-refractivity contribution is 5.15. The van der Waals surface area contributed by atoms with Gasteiger partial charge in [-0.05, 0) is 5.56 Å². The Morgan fingerprint density at radius 3 is 2.31 bits per heavy atom. The summed E-state index contributed by atoms with van der Waals surface area (Å²) in [6.45, 7) is 0.464. The summed E-state index contributed by atoms with van der Waals surface area (Å²) < 4.78 is 0. The summed E-state index contributed by atoms with van der Waals surface area (Å²) >= 11 is 0. The highest BCUT2D eigenvalue weighted by Gasteiger charge is 2.26. The van der Waals surface area contributed by atoms with Gasteiger partial charge < -0.3 is 5.32 Å². The quantitative estimate of drug-likeness (QED) is 0.594. The molecule has 0 aromatic heterocycles. The third kappa shape index (κ3) is 2.07. The van der Waals surface area contributed by atoms with Gasteiger partial charge in [-0.3, -0.25) is 15.6 Å². The van der Waals surface area contributed by atoms with Crippen molar-refractivity contribution in [2.75, 3.05) is 0 Å². The summed E-state index contributed by atoms with van der Waals surface area (Å²) in [4.78, 5) is 0. The van der Waals surface area contributed by atoms with Crippen LogP contribution < -0.4 is 5.32 Å². The van der Waals surface area contributed by atoms with Gasteiger partial charge in [-0.1, -0.05) is 30.3 Å². The molecule has 0 saturated heterocycles. The highest BCUT2D eigenvalue weighted by Crippen LogP contribution is 2.12. The minimum atomic E-state index is 0.146. The Bertz CT molecular complexity index is 384. The molecule has 0 radical (unpaired) electrons. The lowest BCUT2D eigenvalue weighted by atomic mass is 10.2. The maximum Gasteiger partial charge on any atom is 0.170 e. The van der Waals surface area contributed by atoms with Crippen LogP contribution in [0, 0.1) is 0 Å². The molecule has 7 nitrogen and oxygen atoms in total. The first-order valence-electron chi connectivity index (χ1n) is 4.64. The van der Waals surface area contributed by atoms with Crippen molar-refractivity contribution in [1.82, 2.24) is 20.9 Å². The molecule has 0 atom stereocenters. The fraction of sp³-hybridized carbons (Fsp3) is 0.111. The predicted molar refractivity (Wildman–Crippen MR) is 52.2 cm³/mol. The molecule has 0 bridgehead atoms. The number of nitrogens with zero attached hydrogens (tertiary/aromatic N) is 3. The van der Waals surface area contributed by atoms with Crippen LogP contribution in [0.1, 0.15) is 5.56 Å². The lowest BCUT2D eigenvalue weighted by molar-refractivity contribution is -0.466. The van der Waals surface area contributed by atoms with Crippen molar-refractivity contribution in [2.24, 2.45) is 0 Å². The first-order chi connectivity index (χ1) is 7.68. The van der Waals surface area contributed by atoms with Crippen molar-refractivity contribution in [3.8, 4) is 0 Å². The Kier molecular flexibility index (Phi) is 2.93. The molecule has 2 rings (SSSR count). The molecule has 0 unspecified atom stereocenters. The second-order valence-corrected chi connectivity index (χ2v) is 3.23.